The van der Waals surface area contributed by atoms with Gasteiger partial charge in [0.2, 0.25) is 11.7 Å². The molecule has 0 fully saturated rings. The molecule has 146 valence electrons. The minimum atomic E-state index is -1.37. The van der Waals surface area contributed by atoms with E-state index in [-0.39, 0.29) is 24.3 Å². The van der Waals surface area contributed by atoms with Gasteiger partial charge in [0.1, 0.15) is 17.7 Å². The molecule has 2 heterocycles. The summed E-state index contributed by atoms with van der Waals surface area (Å²) in [5, 5.41) is 51.5. The van der Waals surface area contributed by atoms with E-state index in [1.807, 2.05) is 0 Å². The molecule has 10 heteroatoms. The molecule has 0 unspecified atom stereocenters. The van der Waals surface area contributed by atoms with Crippen molar-refractivity contribution >= 4 is 29.8 Å². The summed E-state index contributed by atoms with van der Waals surface area (Å²) in [7, 11) is 0. The lowest BCUT2D eigenvalue weighted by Gasteiger charge is -2.21. The maximum Gasteiger partial charge on any atom is 0.351 e. The van der Waals surface area contributed by atoms with Crippen molar-refractivity contribution in [2.75, 3.05) is 0 Å². The number of carboxylic acids is 3. The number of rotatable bonds is 4. The maximum absolute atomic E-state index is 11.5. The molecular weight excluding hydrogens is 372 g/mol. The number of phenolic OH excluding ortho intramolecular Hbond substituents is 2. The van der Waals surface area contributed by atoms with Crippen LogP contribution in [0.15, 0.2) is 35.6 Å². The van der Waals surface area contributed by atoms with Gasteiger partial charge in [-0.3, -0.25) is 0 Å². The van der Waals surface area contributed by atoms with Crippen molar-refractivity contribution in [1.29, 1.82) is 0 Å². The van der Waals surface area contributed by atoms with Crippen molar-refractivity contribution in [3.8, 4) is 11.5 Å². The van der Waals surface area contributed by atoms with Gasteiger partial charge in [-0.25, -0.2) is 9.59 Å². The van der Waals surface area contributed by atoms with Crippen molar-refractivity contribution in [3.05, 3.63) is 41.1 Å². The van der Waals surface area contributed by atoms with Crippen LogP contribution in [0, 0.1) is 0 Å². The summed E-state index contributed by atoms with van der Waals surface area (Å²) in [6.07, 6.45) is 4.05. The molecular formula is C18H16N2O8. The Balaban J connectivity index is 2.04. The van der Waals surface area contributed by atoms with Crippen LogP contribution >= 0.6 is 0 Å². The molecule has 2 atom stereocenters. The standard InChI is InChI=1S/C18H16N2O8/c21-14-6-9-5-13(18(27)28)20(12(9)7-15(14)22)2-1-8-3-10(16(23)24)19-11(4-8)17(25)26/h1-3,6-7,11,13H,4-5H2,(H5,21,22,23,24,25,26,27,28)/t11-,13-/m0/s1. The Labute approximate surface area is 158 Å². The summed E-state index contributed by atoms with van der Waals surface area (Å²) < 4.78 is 1.31. The normalized spacial score (nSPS) is 23.8. The molecule has 5 N–H and O–H groups in total. The van der Waals surface area contributed by atoms with Crippen LogP contribution in [0.3, 0.4) is 0 Å². The second-order valence-corrected chi connectivity index (χ2v) is 6.41. The first kappa shape index (κ1) is 19.0. The average molecular weight is 388 g/mol. The van der Waals surface area contributed by atoms with Gasteiger partial charge in [-0.1, -0.05) is 0 Å². The third-order valence-corrected chi connectivity index (χ3v) is 4.55. The van der Waals surface area contributed by atoms with Gasteiger partial charge in [0, 0.05) is 24.5 Å². The topological polar surface area (TPSA) is 170 Å². The second-order valence-electron chi connectivity index (χ2n) is 6.41. The summed E-state index contributed by atoms with van der Waals surface area (Å²) in [6, 6.07) is 0.228. The number of aromatic hydroxyl groups is 2. The van der Waals surface area contributed by atoms with Gasteiger partial charge < -0.3 is 35.6 Å². The summed E-state index contributed by atoms with van der Waals surface area (Å²) in [5.74, 6) is -4.73. The molecule has 0 spiro atoms. The summed E-state index contributed by atoms with van der Waals surface area (Å²) in [5.41, 5.74) is 0.887. The van der Waals surface area contributed by atoms with Crippen LogP contribution in [0.2, 0.25) is 0 Å². The highest BCUT2D eigenvalue weighted by atomic mass is 16.4. The quantitative estimate of drug-likeness (QED) is 0.315. The smallest absolute Gasteiger partial charge is 0.351 e. The highest BCUT2D eigenvalue weighted by Crippen LogP contribution is 2.38. The fourth-order valence-corrected chi connectivity index (χ4v) is 3.19. The predicted octanol–water partition coefficient (Wildman–Crippen LogP) is -1.17. The van der Waals surface area contributed by atoms with Crippen LogP contribution in [0.4, 0.5) is 5.69 Å². The largest absolute Gasteiger partial charge is 0.543 e. The molecule has 0 saturated heterocycles. The van der Waals surface area contributed by atoms with E-state index in [0.29, 0.717) is 16.8 Å². The number of fused-ring (bicyclic) bond motifs is 1. The van der Waals surface area contributed by atoms with E-state index in [0.717, 1.165) is 0 Å². The Morgan fingerprint density at radius 2 is 1.82 bits per heavy atom. The number of hydrogen-bond donors (Lipinski definition) is 5. The van der Waals surface area contributed by atoms with Gasteiger partial charge in [-0.05, 0) is 17.7 Å². The van der Waals surface area contributed by atoms with Crippen molar-refractivity contribution in [2.45, 2.75) is 24.9 Å². The average Bonchev–Trinajstić information content (AvgIpc) is 2.97. The van der Waals surface area contributed by atoms with E-state index in [2.05, 4.69) is 5.32 Å². The molecule has 3 rings (SSSR count). The first-order valence-electron chi connectivity index (χ1n) is 8.19. The minimum Gasteiger partial charge on any atom is -0.543 e. The van der Waals surface area contributed by atoms with E-state index >= 15 is 0 Å². The number of carbonyl (C=O) groups excluding carboxylic acids is 1. The van der Waals surface area contributed by atoms with Gasteiger partial charge in [-0.2, -0.15) is 4.58 Å². The van der Waals surface area contributed by atoms with Gasteiger partial charge >= 0.3 is 11.9 Å². The molecule has 2 aliphatic rings. The van der Waals surface area contributed by atoms with E-state index < -0.39 is 35.7 Å². The zero-order chi connectivity index (χ0) is 20.6. The third-order valence-electron chi connectivity index (χ3n) is 4.55. The van der Waals surface area contributed by atoms with Crippen molar-refractivity contribution in [3.63, 3.8) is 0 Å². The predicted molar refractivity (Wildman–Crippen MR) is 91.2 cm³/mol. The Hall–Kier alpha value is -3.82. The van der Waals surface area contributed by atoms with Crippen LogP contribution in [0.1, 0.15) is 12.0 Å². The lowest BCUT2D eigenvalue weighted by molar-refractivity contribution is -0.475. The number of nitrogens with zero attached hydrogens (tertiary/aromatic N) is 1. The maximum atomic E-state index is 11.5. The number of carboxylic acid groups (broad SMARTS) is 3. The molecule has 0 amide bonds. The zero-order valence-corrected chi connectivity index (χ0v) is 14.3. The van der Waals surface area contributed by atoms with E-state index in [4.69, 9.17) is 10.2 Å². The summed E-state index contributed by atoms with van der Waals surface area (Å²) in [4.78, 5) is 33.9. The van der Waals surface area contributed by atoms with Crippen molar-refractivity contribution < 1.29 is 44.5 Å². The lowest BCUT2D eigenvalue weighted by atomic mass is 10.00. The highest BCUT2D eigenvalue weighted by Gasteiger charge is 2.36. The first-order valence-corrected chi connectivity index (χ1v) is 8.19. The molecule has 0 aromatic heterocycles. The Bertz CT molecular complexity index is 976. The molecule has 0 bridgehead atoms. The number of carbonyl (C=O) groups is 3. The van der Waals surface area contributed by atoms with Crippen LogP contribution in [-0.4, -0.2) is 61.2 Å². The number of nitrogens with one attached hydrogen (secondary N) is 1. The molecule has 28 heavy (non-hydrogen) atoms. The van der Waals surface area contributed by atoms with E-state index in [1.165, 1.54) is 35.1 Å². The fourth-order valence-electron chi connectivity index (χ4n) is 3.19. The van der Waals surface area contributed by atoms with E-state index in [1.54, 1.807) is 0 Å². The Kier molecular flexibility index (Phi) is 4.78. The van der Waals surface area contributed by atoms with Gasteiger partial charge in [0.25, 0.3) is 0 Å². The molecule has 0 saturated carbocycles. The molecule has 0 radical (unpaired) electrons. The second kappa shape index (κ2) is 7.06. The van der Waals surface area contributed by atoms with Gasteiger partial charge in [-0.15, -0.1) is 0 Å². The SMILES string of the molecule is O=C(O)C1=C/C(=C/C=[N+]2c3cc(O)c(O)cc3C[C@H]2C(=O)[O-])C[C@@H](C(=O)O)N1. The van der Waals surface area contributed by atoms with Crippen LogP contribution in [0.5, 0.6) is 11.5 Å². The van der Waals surface area contributed by atoms with Gasteiger partial charge in [0.05, 0.1) is 6.07 Å². The van der Waals surface area contributed by atoms with Crippen LogP contribution in [0.25, 0.3) is 0 Å². The van der Waals surface area contributed by atoms with Crippen molar-refractivity contribution in [2.24, 2.45) is 0 Å². The van der Waals surface area contributed by atoms with Crippen LogP contribution in [-0.2, 0) is 20.8 Å². The number of hydrogen-bond acceptors (Lipinski definition) is 7. The van der Waals surface area contributed by atoms with Gasteiger partial charge in [0.15, 0.2) is 17.7 Å². The highest BCUT2D eigenvalue weighted by molar-refractivity contribution is 5.89. The fraction of sp³-hybridized carbons (Fsp3) is 0.222. The monoisotopic (exact) mass is 388 g/mol. The molecule has 1 aromatic carbocycles. The Morgan fingerprint density at radius 1 is 1.14 bits per heavy atom. The van der Waals surface area contributed by atoms with Crippen LogP contribution < -0.4 is 10.4 Å². The number of phenols is 2. The molecule has 10 nitrogen and oxygen atoms in total. The first-order chi connectivity index (χ1) is 13.2. The van der Waals surface area contributed by atoms with Crippen molar-refractivity contribution in [1.82, 2.24) is 5.32 Å². The number of benzene rings is 1. The molecule has 2 aliphatic heterocycles. The van der Waals surface area contributed by atoms with E-state index in [9.17, 15) is 29.7 Å². The lowest BCUT2D eigenvalue weighted by Crippen LogP contribution is -2.41. The summed E-state index contributed by atoms with van der Waals surface area (Å²) in [6.45, 7) is 0. The summed E-state index contributed by atoms with van der Waals surface area (Å²) >= 11 is 0. The minimum absolute atomic E-state index is 0.0138. The molecule has 0 aliphatic carbocycles. The molecule has 1 aromatic rings. The number of allylic oxidation sites excluding steroid dienone is 2. The zero-order valence-electron chi connectivity index (χ0n) is 14.3. The number of aliphatic carboxylic acids is 3. The Morgan fingerprint density at radius 3 is 2.43 bits per heavy atom. The third kappa shape index (κ3) is 3.52.